The fourth-order valence-corrected chi connectivity index (χ4v) is 3.78. The molecule has 1 N–H and O–H groups in total. The highest BCUT2D eigenvalue weighted by atomic mass is 79.9. The van der Waals surface area contributed by atoms with Crippen molar-refractivity contribution in [2.24, 2.45) is 0 Å². The van der Waals surface area contributed by atoms with Crippen LogP contribution < -0.4 is 5.32 Å². The summed E-state index contributed by atoms with van der Waals surface area (Å²) in [5, 5.41) is 3.65. The number of carbonyl (C=O) groups is 2. The van der Waals surface area contributed by atoms with Crippen molar-refractivity contribution in [3.8, 4) is 0 Å². The average Bonchev–Trinajstić information content (AvgIpc) is 3.11. The fraction of sp³-hybridized carbons (Fsp3) is 0.263. The Balaban J connectivity index is 1.67. The van der Waals surface area contributed by atoms with Crippen molar-refractivity contribution in [1.82, 2.24) is 10.2 Å². The highest BCUT2D eigenvalue weighted by molar-refractivity contribution is 9.10. The number of carbonyl (C=O) groups excluding carboxylic acids is 2. The topological polar surface area (TPSA) is 49.4 Å². The smallest absolute Gasteiger partial charge is 0.254 e. The molecule has 0 bridgehead atoms. The van der Waals surface area contributed by atoms with Gasteiger partial charge >= 0.3 is 0 Å². The van der Waals surface area contributed by atoms with Crippen LogP contribution in [0.1, 0.15) is 28.8 Å². The molecule has 26 heavy (non-hydrogen) atoms. The van der Waals surface area contributed by atoms with Crippen LogP contribution in [0, 0.1) is 0 Å². The Labute approximate surface area is 170 Å². The fourth-order valence-electron chi connectivity index (χ4n) is 3.03. The summed E-state index contributed by atoms with van der Waals surface area (Å²) >= 11 is 15.3. The Morgan fingerprint density at radius 3 is 2.69 bits per heavy atom. The second-order valence-electron chi connectivity index (χ2n) is 6.13. The van der Waals surface area contributed by atoms with E-state index in [0.29, 0.717) is 35.1 Å². The predicted octanol–water partition coefficient (Wildman–Crippen LogP) is 4.68. The van der Waals surface area contributed by atoms with Crippen molar-refractivity contribution in [1.29, 1.82) is 0 Å². The van der Waals surface area contributed by atoms with E-state index in [-0.39, 0.29) is 11.8 Å². The van der Waals surface area contributed by atoms with Crippen LogP contribution in [0.3, 0.4) is 0 Å². The average molecular weight is 456 g/mol. The number of halogens is 3. The van der Waals surface area contributed by atoms with Gasteiger partial charge in [-0.15, -0.1) is 0 Å². The Morgan fingerprint density at radius 1 is 1.15 bits per heavy atom. The standard InChI is InChI=1S/C19H17BrCl2N2O2/c20-14-4-1-3-12(9-14)11-23-18(25)17-5-2-8-24(17)19(26)13-6-7-15(21)16(22)10-13/h1,3-4,6-7,9-10,17H,2,5,8,11H2,(H,23,25). The molecular weight excluding hydrogens is 439 g/mol. The summed E-state index contributed by atoms with van der Waals surface area (Å²) in [6.45, 7) is 0.970. The lowest BCUT2D eigenvalue weighted by Crippen LogP contribution is -2.45. The Hall–Kier alpha value is -1.56. The molecule has 7 heteroatoms. The second kappa shape index (κ2) is 8.42. The number of likely N-dealkylation sites (tertiary alicyclic amines) is 1. The first-order valence-corrected chi connectivity index (χ1v) is 9.79. The van der Waals surface area contributed by atoms with Crippen LogP contribution in [0.4, 0.5) is 0 Å². The van der Waals surface area contributed by atoms with Crippen LogP contribution in [0.25, 0.3) is 0 Å². The van der Waals surface area contributed by atoms with Gasteiger partial charge in [-0.3, -0.25) is 9.59 Å². The molecule has 4 nitrogen and oxygen atoms in total. The molecular formula is C19H17BrCl2N2O2. The van der Waals surface area contributed by atoms with E-state index < -0.39 is 6.04 Å². The highest BCUT2D eigenvalue weighted by Crippen LogP contribution is 2.26. The van der Waals surface area contributed by atoms with Gasteiger partial charge in [-0.2, -0.15) is 0 Å². The molecule has 0 saturated carbocycles. The molecule has 2 aromatic carbocycles. The Morgan fingerprint density at radius 2 is 1.96 bits per heavy atom. The van der Waals surface area contributed by atoms with Crippen molar-refractivity contribution in [2.75, 3.05) is 6.54 Å². The predicted molar refractivity (Wildman–Crippen MR) is 107 cm³/mol. The molecule has 1 heterocycles. The summed E-state index contributed by atoms with van der Waals surface area (Å²) < 4.78 is 0.960. The Bertz CT molecular complexity index is 844. The quantitative estimate of drug-likeness (QED) is 0.727. The van der Waals surface area contributed by atoms with Gasteiger partial charge in [-0.1, -0.05) is 51.3 Å². The number of rotatable bonds is 4. The maximum absolute atomic E-state index is 12.8. The Kier molecular flexibility index (Phi) is 6.22. The lowest BCUT2D eigenvalue weighted by molar-refractivity contribution is -0.125. The third-order valence-corrected chi connectivity index (χ3v) is 5.57. The normalized spacial score (nSPS) is 16.6. The minimum atomic E-state index is -0.468. The van der Waals surface area contributed by atoms with Gasteiger partial charge in [0.1, 0.15) is 6.04 Å². The van der Waals surface area contributed by atoms with Crippen molar-refractivity contribution in [3.63, 3.8) is 0 Å². The molecule has 1 unspecified atom stereocenters. The molecule has 1 fully saturated rings. The maximum Gasteiger partial charge on any atom is 0.254 e. The van der Waals surface area contributed by atoms with Crippen molar-refractivity contribution in [2.45, 2.75) is 25.4 Å². The largest absolute Gasteiger partial charge is 0.350 e. The van der Waals surface area contributed by atoms with Crippen LogP contribution in [-0.4, -0.2) is 29.3 Å². The second-order valence-corrected chi connectivity index (χ2v) is 7.86. The summed E-state index contributed by atoms with van der Waals surface area (Å²) in [5.41, 5.74) is 1.43. The molecule has 2 amide bonds. The molecule has 0 spiro atoms. The van der Waals surface area contributed by atoms with Gasteiger partial charge in [0.2, 0.25) is 5.91 Å². The summed E-state index contributed by atoms with van der Waals surface area (Å²) in [4.78, 5) is 27.0. The molecule has 136 valence electrons. The molecule has 1 aliphatic rings. The zero-order valence-electron chi connectivity index (χ0n) is 13.8. The van der Waals surface area contributed by atoms with Crippen LogP contribution in [0.15, 0.2) is 46.9 Å². The van der Waals surface area contributed by atoms with Gasteiger partial charge in [0.05, 0.1) is 10.0 Å². The summed E-state index contributed by atoms with van der Waals surface area (Å²) in [7, 11) is 0. The van der Waals surface area contributed by atoms with E-state index in [1.807, 2.05) is 24.3 Å². The number of hydrogen-bond donors (Lipinski definition) is 1. The van der Waals surface area contributed by atoms with Crippen LogP contribution in [-0.2, 0) is 11.3 Å². The zero-order valence-corrected chi connectivity index (χ0v) is 16.9. The first-order chi connectivity index (χ1) is 12.5. The van der Waals surface area contributed by atoms with Crippen LogP contribution in [0.2, 0.25) is 10.0 Å². The van der Waals surface area contributed by atoms with E-state index in [9.17, 15) is 9.59 Å². The molecule has 3 rings (SSSR count). The number of nitrogens with one attached hydrogen (secondary N) is 1. The third-order valence-electron chi connectivity index (χ3n) is 4.34. The SMILES string of the molecule is O=C(NCc1cccc(Br)c1)C1CCCN1C(=O)c1ccc(Cl)c(Cl)c1. The maximum atomic E-state index is 12.8. The third kappa shape index (κ3) is 4.40. The van der Waals surface area contributed by atoms with Crippen molar-refractivity contribution in [3.05, 3.63) is 68.1 Å². The number of hydrogen-bond acceptors (Lipinski definition) is 2. The van der Waals surface area contributed by atoms with E-state index in [0.717, 1.165) is 16.5 Å². The van der Waals surface area contributed by atoms with E-state index in [1.165, 1.54) is 0 Å². The molecule has 1 atom stereocenters. The monoisotopic (exact) mass is 454 g/mol. The van der Waals surface area contributed by atoms with Gasteiger partial charge in [-0.05, 0) is 48.7 Å². The van der Waals surface area contributed by atoms with Gasteiger partial charge in [0, 0.05) is 23.1 Å². The summed E-state index contributed by atoms with van der Waals surface area (Å²) in [5.74, 6) is -0.348. The molecule has 0 aliphatic carbocycles. The van der Waals surface area contributed by atoms with Gasteiger partial charge in [0.25, 0.3) is 5.91 Å². The summed E-state index contributed by atoms with van der Waals surface area (Å²) in [6.07, 6.45) is 1.44. The first kappa shape index (κ1) is 19.2. The van der Waals surface area contributed by atoms with Crippen molar-refractivity contribution >= 4 is 50.9 Å². The van der Waals surface area contributed by atoms with Crippen LogP contribution >= 0.6 is 39.1 Å². The van der Waals surface area contributed by atoms with E-state index in [1.54, 1.807) is 23.1 Å². The zero-order chi connectivity index (χ0) is 18.7. The molecule has 1 aliphatic heterocycles. The van der Waals surface area contributed by atoms with E-state index in [2.05, 4.69) is 21.2 Å². The molecule has 1 saturated heterocycles. The minimum Gasteiger partial charge on any atom is -0.350 e. The molecule has 0 aromatic heterocycles. The number of benzene rings is 2. The van der Waals surface area contributed by atoms with Gasteiger partial charge in [-0.25, -0.2) is 0 Å². The van der Waals surface area contributed by atoms with Crippen LogP contribution in [0.5, 0.6) is 0 Å². The van der Waals surface area contributed by atoms with Gasteiger partial charge < -0.3 is 10.2 Å². The van der Waals surface area contributed by atoms with E-state index >= 15 is 0 Å². The minimum absolute atomic E-state index is 0.143. The van der Waals surface area contributed by atoms with Gasteiger partial charge in [0.15, 0.2) is 0 Å². The molecule has 0 radical (unpaired) electrons. The molecule has 2 aromatic rings. The summed E-state index contributed by atoms with van der Waals surface area (Å²) in [6, 6.07) is 12.0. The first-order valence-electron chi connectivity index (χ1n) is 8.24. The number of nitrogens with zero attached hydrogens (tertiary/aromatic N) is 1. The lowest BCUT2D eigenvalue weighted by Gasteiger charge is -2.24. The lowest BCUT2D eigenvalue weighted by atomic mass is 10.1. The van der Waals surface area contributed by atoms with Crippen molar-refractivity contribution < 1.29 is 9.59 Å². The number of amides is 2. The van der Waals surface area contributed by atoms with E-state index in [4.69, 9.17) is 23.2 Å². The highest BCUT2D eigenvalue weighted by Gasteiger charge is 2.34.